The van der Waals surface area contributed by atoms with Crippen LogP contribution in [0, 0.1) is 13.8 Å². The summed E-state index contributed by atoms with van der Waals surface area (Å²) in [6, 6.07) is 9.21. The summed E-state index contributed by atoms with van der Waals surface area (Å²) in [4.78, 5) is 34.4. The fraction of sp³-hybridized carbons (Fsp3) is 0.304. The number of fused-ring (bicyclic) bond motifs is 1. The first-order chi connectivity index (χ1) is 14.9. The Labute approximate surface area is 180 Å². The van der Waals surface area contributed by atoms with Crippen molar-refractivity contribution < 1.29 is 4.79 Å². The van der Waals surface area contributed by atoms with Crippen LogP contribution in [0.1, 0.15) is 40.5 Å². The monoisotopic (exact) mass is 418 g/mol. The molecule has 1 atom stereocenters. The number of benzene rings is 1. The molecule has 0 aliphatic carbocycles. The molecule has 1 unspecified atom stereocenters. The van der Waals surface area contributed by atoms with Crippen molar-refractivity contribution in [3.8, 4) is 0 Å². The van der Waals surface area contributed by atoms with Crippen LogP contribution in [0.15, 0.2) is 47.5 Å². The van der Waals surface area contributed by atoms with Crippen molar-refractivity contribution in [1.29, 1.82) is 0 Å². The molecular formula is C23H26N6O2. The number of nitrogen functional groups attached to an aromatic ring is 1. The molecule has 1 amide bonds. The largest absolute Gasteiger partial charge is 0.384 e. The summed E-state index contributed by atoms with van der Waals surface area (Å²) >= 11 is 0. The average molecular weight is 419 g/mol. The molecule has 3 aromatic rings. The molecule has 0 saturated heterocycles. The van der Waals surface area contributed by atoms with Gasteiger partial charge in [-0.2, -0.15) is 0 Å². The lowest BCUT2D eigenvalue weighted by Crippen LogP contribution is -2.36. The molecule has 2 aromatic heterocycles. The first kappa shape index (κ1) is 20.6. The van der Waals surface area contributed by atoms with Gasteiger partial charge in [-0.05, 0) is 37.5 Å². The highest BCUT2D eigenvalue weighted by atomic mass is 16.2. The van der Waals surface area contributed by atoms with Gasteiger partial charge in [0.2, 0.25) is 5.91 Å². The van der Waals surface area contributed by atoms with Crippen molar-refractivity contribution in [2.24, 2.45) is 0 Å². The molecule has 1 aliphatic heterocycles. The minimum absolute atomic E-state index is 0.203. The predicted molar refractivity (Wildman–Crippen MR) is 120 cm³/mol. The molecule has 8 heteroatoms. The van der Waals surface area contributed by atoms with E-state index < -0.39 is 6.04 Å². The number of aromatic nitrogens is 3. The van der Waals surface area contributed by atoms with Crippen molar-refractivity contribution in [2.45, 2.75) is 45.8 Å². The topological polar surface area (TPSA) is 115 Å². The number of nitrogens with one attached hydrogen (secondary N) is 2. The number of nitrogens with two attached hydrogens (primary N) is 1. The van der Waals surface area contributed by atoms with E-state index in [1.165, 1.54) is 15.7 Å². The Bertz CT molecular complexity index is 1150. The summed E-state index contributed by atoms with van der Waals surface area (Å²) in [5, 5.41) is 6.08. The smallest absolute Gasteiger partial charge is 0.277 e. The third-order valence-corrected chi connectivity index (χ3v) is 5.40. The summed E-state index contributed by atoms with van der Waals surface area (Å²) in [5.41, 5.74) is 10.0. The second kappa shape index (κ2) is 8.59. The van der Waals surface area contributed by atoms with E-state index in [0.717, 1.165) is 11.1 Å². The van der Waals surface area contributed by atoms with E-state index in [1.807, 2.05) is 19.9 Å². The zero-order valence-corrected chi connectivity index (χ0v) is 17.7. The third kappa shape index (κ3) is 4.58. The minimum atomic E-state index is -0.570. The Morgan fingerprint density at radius 2 is 1.87 bits per heavy atom. The van der Waals surface area contributed by atoms with Gasteiger partial charge >= 0.3 is 0 Å². The van der Waals surface area contributed by atoms with Crippen LogP contribution < -0.4 is 21.9 Å². The molecule has 0 radical (unpaired) electrons. The third-order valence-electron chi connectivity index (χ3n) is 5.40. The van der Waals surface area contributed by atoms with Gasteiger partial charge in [0, 0.05) is 25.7 Å². The molecule has 1 aromatic carbocycles. The number of pyridine rings is 1. The molecule has 3 heterocycles. The van der Waals surface area contributed by atoms with E-state index in [9.17, 15) is 9.59 Å². The Balaban J connectivity index is 1.48. The first-order valence-corrected chi connectivity index (χ1v) is 10.3. The quantitative estimate of drug-likeness (QED) is 0.566. The number of hydrogen-bond donors (Lipinski definition) is 3. The van der Waals surface area contributed by atoms with Crippen LogP contribution in [0.25, 0.3) is 0 Å². The molecule has 4 rings (SSSR count). The van der Waals surface area contributed by atoms with Gasteiger partial charge in [-0.1, -0.05) is 35.4 Å². The fourth-order valence-electron chi connectivity index (χ4n) is 3.99. The van der Waals surface area contributed by atoms with Gasteiger partial charge in [0.05, 0.1) is 6.20 Å². The van der Waals surface area contributed by atoms with Crippen molar-refractivity contribution in [3.63, 3.8) is 0 Å². The van der Waals surface area contributed by atoms with Crippen LogP contribution in [-0.4, -0.2) is 20.4 Å². The lowest BCUT2D eigenvalue weighted by molar-refractivity contribution is -0.124. The molecule has 0 fully saturated rings. The summed E-state index contributed by atoms with van der Waals surface area (Å²) < 4.78 is 1.51. The highest BCUT2D eigenvalue weighted by molar-refractivity contribution is 5.80. The fourth-order valence-corrected chi connectivity index (χ4v) is 3.99. The van der Waals surface area contributed by atoms with Crippen molar-refractivity contribution in [1.82, 2.24) is 19.9 Å². The highest BCUT2D eigenvalue weighted by Gasteiger charge is 2.30. The Morgan fingerprint density at radius 3 is 2.58 bits per heavy atom. The summed E-state index contributed by atoms with van der Waals surface area (Å²) in [5.74, 6) is 0.862. The molecular weight excluding hydrogens is 392 g/mol. The van der Waals surface area contributed by atoms with E-state index in [-0.39, 0.29) is 11.5 Å². The highest BCUT2D eigenvalue weighted by Crippen LogP contribution is 2.23. The maximum atomic E-state index is 13.1. The Kier molecular flexibility index (Phi) is 5.70. The molecule has 4 N–H and O–H groups in total. The van der Waals surface area contributed by atoms with Crippen LogP contribution in [0.4, 0.5) is 11.5 Å². The zero-order valence-electron chi connectivity index (χ0n) is 17.7. The number of aryl methyl sites for hydroxylation is 3. The van der Waals surface area contributed by atoms with Crippen LogP contribution in [0.5, 0.6) is 0 Å². The van der Waals surface area contributed by atoms with Gasteiger partial charge < -0.3 is 16.4 Å². The van der Waals surface area contributed by atoms with Crippen molar-refractivity contribution in [2.75, 3.05) is 11.1 Å². The van der Waals surface area contributed by atoms with E-state index in [2.05, 4.69) is 38.8 Å². The van der Waals surface area contributed by atoms with Crippen molar-refractivity contribution in [3.05, 3.63) is 81.2 Å². The SMILES string of the molecule is Cc1cc(C)cc(CNc2cnc3n(c2=O)C(C(=O)NCc2ccc(N)nc2)CC3)c1. The van der Waals surface area contributed by atoms with E-state index in [1.54, 1.807) is 18.5 Å². The van der Waals surface area contributed by atoms with Crippen LogP contribution in [0.3, 0.4) is 0 Å². The number of carbonyl (C=O) groups is 1. The molecule has 0 spiro atoms. The molecule has 0 saturated carbocycles. The number of hydrogen-bond acceptors (Lipinski definition) is 6. The molecule has 31 heavy (non-hydrogen) atoms. The maximum Gasteiger partial charge on any atom is 0.277 e. The summed E-state index contributed by atoms with van der Waals surface area (Å²) in [7, 11) is 0. The lowest BCUT2D eigenvalue weighted by Gasteiger charge is -2.16. The molecule has 0 bridgehead atoms. The zero-order chi connectivity index (χ0) is 22.0. The standard InChI is InChI=1S/C23H26N6O2/c1-14-7-15(2)9-17(8-14)12-25-18-13-27-21-6-4-19(29(21)23(18)31)22(30)28-11-16-3-5-20(24)26-10-16/h3,5,7-10,13,19,25H,4,6,11-12H2,1-2H3,(H2,24,26)(H,28,30). The van der Waals surface area contributed by atoms with Gasteiger partial charge in [-0.15, -0.1) is 0 Å². The second-order valence-corrected chi connectivity index (χ2v) is 7.98. The van der Waals surface area contributed by atoms with Crippen LogP contribution in [0.2, 0.25) is 0 Å². The number of rotatable bonds is 6. The predicted octanol–water partition coefficient (Wildman–Crippen LogP) is 2.25. The Hall–Kier alpha value is -3.68. The average Bonchev–Trinajstić information content (AvgIpc) is 3.17. The molecule has 8 nitrogen and oxygen atoms in total. The second-order valence-electron chi connectivity index (χ2n) is 7.98. The number of amides is 1. The van der Waals surface area contributed by atoms with E-state index in [0.29, 0.717) is 43.3 Å². The van der Waals surface area contributed by atoms with Gasteiger partial charge in [-0.3, -0.25) is 14.2 Å². The van der Waals surface area contributed by atoms with E-state index in [4.69, 9.17) is 5.73 Å². The van der Waals surface area contributed by atoms with Gasteiger partial charge in [0.25, 0.3) is 5.56 Å². The van der Waals surface area contributed by atoms with Crippen LogP contribution >= 0.6 is 0 Å². The van der Waals surface area contributed by atoms with Gasteiger partial charge in [-0.25, -0.2) is 9.97 Å². The van der Waals surface area contributed by atoms with Gasteiger partial charge in [0.1, 0.15) is 23.4 Å². The first-order valence-electron chi connectivity index (χ1n) is 10.3. The number of nitrogens with zero attached hydrogens (tertiary/aromatic N) is 3. The van der Waals surface area contributed by atoms with Crippen LogP contribution in [-0.2, 0) is 24.3 Å². The summed E-state index contributed by atoms with van der Waals surface area (Å²) in [6.07, 6.45) is 4.33. The lowest BCUT2D eigenvalue weighted by atomic mass is 10.1. The van der Waals surface area contributed by atoms with E-state index >= 15 is 0 Å². The molecule has 160 valence electrons. The Morgan fingerprint density at radius 1 is 1.10 bits per heavy atom. The normalized spacial score (nSPS) is 14.8. The minimum Gasteiger partial charge on any atom is -0.384 e. The number of anilines is 2. The molecule has 1 aliphatic rings. The van der Waals surface area contributed by atoms with Crippen molar-refractivity contribution >= 4 is 17.4 Å². The maximum absolute atomic E-state index is 13.1. The summed E-state index contributed by atoms with van der Waals surface area (Å²) in [6.45, 7) is 4.93. The van der Waals surface area contributed by atoms with Gasteiger partial charge in [0.15, 0.2) is 0 Å². The number of carbonyl (C=O) groups excluding carboxylic acids is 1.